The van der Waals surface area contributed by atoms with Crippen molar-refractivity contribution < 1.29 is 14.2 Å². The van der Waals surface area contributed by atoms with E-state index >= 15 is 0 Å². The van der Waals surface area contributed by atoms with Crippen molar-refractivity contribution in [3.8, 4) is 0 Å². The van der Waals surface area contributed by atoms with E-state index < -0.39 is 0 Å². The van der Waals surface area contributed by atoms with Gasteiger partial charge < -0.3 is 14.2 Å². The molecule has 0 unspecified atom stereocenters. The molecule has 15 heavy (non-hydrogen) atoms. The van der Waals surface area contributed by atoms with Crippen LogP contribution in [0.2, 0.25) is 0 Å². The van der Waals surface area contributed by atoms with Gasteiger partial charge in [-0.2, -0.15) is 0 Å². The maximum Gasteiger partial charge on any atom is 0.0466 e. The molecule has 0 aromatic rings. The van der Waals surface area contributed by atoms with Gasteiger partial charge >= 0.3 is 0 Å². The third kappa shape index (κ3) is 13.9. The van der Waals surface area contributed by atoms with Gasteiger partial charge in [-0.15, -0.1) is 0 Å². The minimum absolute atomic E-state index is 0.844. The summed E-state index contributed by atoms with van der Waals surface area (Å²) in [5.41, 5.74) is 0. The Hall–Kier alpha value is -0.120. The minimum atomic E-state index is 0.844. The van der Waals surface area contributed by atoms with Crippen molar-refractivity contribution in [1.82, 2.24) is 0 Å². The van der Waals surface area contributed by atoms with Crippen LogP contribution in [0.5, 0.6) is 0 Å². The fraction of sp³-hybridized carbons (Fsp3) is 1.00. The SMILES string of the molecule is C1CCOC1.C1CCOC1.CCOCC. The topological polar surface area (TPSA) is 27.7 Å². The van der Waals surface area contributed by atoms with Crippen LogP contribution in [-0.4, -0.2) is 39.6 Å². The van der Waals surface area contributed by atoms with Gasteiger partial charge in [0.15, 0.2) is 0 Å². The first-order valence-electron chi connectivity index (χ1n) is 6.15. The summed E-state index contributed by atoms with van der Waals surface area (Å²) in [5.74, 6) is 0. The lowest BCUT2D eigenvalue weighted by Crippen LogP contribution is -1.84. The summed E-state index contributed by atoms with van der Waals surface area (Å²) < 4.78 is 14.7. The fourth-order valence-electron chi connectivity index (χ4n) is 1.22. The molecular weight excluding hydrogens is 192 g/mol. The molecule has 2 saturated heterocycles. The molecule has 0 spiro atoms. The minimum Gasteiger partial charge on any atom is -0.382 e. The van der Waals surface area contributed by atoms with E-state index in [-0.39, 0.29) is 0 Å². The summed E-state index contributed by atoms with van der Waals surface area (Å²) >= 11 is 0. The summed E-state index contributed by atoms with van der Waals surface area (Å²) in [4.78, 5) is 0. The summed E-state index contributed by atoms with van der Waals surface area (Å²) in [6, 6.07) is 0. The largest absolute Gasteiger partial charge is 0.382 e. The third-order valence-corrected chi connectivity index (χ3v) is 2.06. The Morgan fingerprint density at radius 3 is 1.13 bits per heavy atom. The van der Waals surface area contributed by atoms with Crippen LogP contribution in [0.1, 0.15) is 39.5 Å². The standard InChI is InChI=1S/2C4H8O.C4H10O/c2*1-2-4-5-3-1;1-3-5-4-2/h2*1-4H2;3-4H2,1-2H3. The normalized spacial score (nSPS) is 18.8. The highest BCUT2D eigenvalue weighted by Gasteiger charge is 1.95. The van der Waals surface area contributed by atoms with Crippen LogP contribution in [-0.2, 0) is 14.2 Å². The number of hydrogen-bond donors (Lipinski definition) is 0. The van der Waals surface area contributed by atoms with Crippen molar-refractivity contribution in [2.24, 2.45) is 0 Å². The van der Waals surface area contributed by atoms with Gasteiger partial charge in [0.25, 0.3) is 0 Å². The van der Waals surface area contributed by atoms with E-state index in [2.05, 4.69) is 0 Å². The summed E-state index contributed by atoms with van der Waals surface area (Å²) in [6.45, 7) is 9.67. The van der Waals surface area contributed by atoms with E-state index in [4.69, 9.17) is 14.2 Å². The van der Waals surface area contributed by atoms with E-state index in [1.165, 1.54) is 25.7 Å². The van der Waals surface area contributed by atoms with E-state index in [1.54, 1.807) is 0 Å². The lowest BCUT2D eigenvalue weighted by Gasteiger charge is -1.86. The van der Waals surface area contributed by atoms with Crippen LogP contribution in [0, 0.1) is 0 Å². The molecule has 0 aromatic heterocycles. The van der Waals surface area contributed by atoms with Gasteiger partial charge in [0, 0.05) is 39.6 Å². The van der Waals surface area contributed by atoms with Gasteiger partial charge in [-0.05, 0) is 39.5 Å². The van der Waals surface area contributed by atoms with Crippen LogP contribution in [0.3, 0.4) is 0 Å². The van der Waals surface area contributed by atoms with Gasteiger partial charge in [0.05, 0.1) is 0 Å². The molecule has 2 fully saturated rings. The van der Waals surface area contributed by atoms with Gasteiger partial charge in [-0.1, -0.05) is 0 Å². The maximum atomic E-state index is 4.94. The van der Waals surface area contributed by atoms with Gasteiger partial charge in [-0.25, -0.2) is 0 Å². The summed E-state index contributed by atoms with van der Waals surface area (Å²) in [7, 11) is 0. The Balaban J connectivity index is 0.000000196. The highest BCUT2D eigenvalue weighted by molar-refractivity contribution is 4.44. The van der Waals surface area contributed by atoms with Gasteiger partial charge in [-0.3, -0.25) is 0 Å². The van der Waals surface area contributed by atoms with Crippen LogP contribution in [0.4, 0.5) is 0 Å². The van der Waals surface area contributed by atoms with E-state index in [1.807, 2.05) is 13.8 Å². The highest BCUT2D eigenvalue weighted by atomic mass is 16.5. The molecular formula is C12H26O3. The van der Waals surface area contributed by atoms with Crippen molar-refractivity contribution in [3.63, 3.8) is 0 Å². The zero-order valence-electron chi connectivity index (χ0n) is 10.3. The highest BCUT2D eigenvalue weighted by Crippen LogP contribution is 1.98. The lowest BCUT2D eigenvalue weighted by molar-refractivity contribution is 0.162. The molecule has 0 N–H and O–H groups in total. The molecule has 0 aromatic carbocycles. The van der Waals surface area contributed by atoms with Crippen LogP contribution in [0.15, 0.2) is 0 Å². The van der Waals surface area contributed by atoms with Crippen molar-refractivity contribution in [3.05, 3.63) is 0 Å². The van der Waals surface area contributed by atoms with Crippen LogP contribution < -0.4 is 0 Å². The maximum absolute atomic E-state index is 4.94. The second kappa shape index (κ2) is 13.9. The second-order valence-electron chi connectivity index (χ2n) is 3.42. The molecule has 0 atom stereocenters. The molecule has 0 aliphatic carbocycles. The molecule has 0 saturated carbocycles. The second-order valence-corrected chi connectivity index (χ2v) is 3.42. The predicted molar refractivity (Wildman–Crippen MR) is 62.3 cm³/mol. The quantitative estimate of drug-likeness (QED) is 0.713. The number of hydrogen-bond acceptors (Lipinski definition) is 3. The summed E-state index contributed by atoms with van der Waals surface area (Å²) in [5, 5.41) is 0. The smallest absolute Gasteiger partial charge is 0.0466 e. The Morgan fingerprint density at radius 1 is 0.733 bits per heavy atom. The molecule has 0 radical (unpaired) electrons. The zero-order chi connectivity index (χ0) is 11.2. The molecule has 2 rings (SSSR count). The number of rotatable bonds is 2. The van der Waals surface area contributed by atoms with E-state index in [9.17, 15) is 0 Å². The Bertz CT molecular complexity index is 71.8. The first kappa shape index (κ1) is 14.9. The zero-order valence-corrected chi connectivity index (χ0v) is 10.3. The lowest BCUT2D eigenvalue weighted by atomic mass is 10.4. The van der Waals surface area contributed by atoms with Crippen LogP contribution >= 0.6 is 0 Å². The average molecular weight is 218 g/mol. The monoisotopic (exact) mass is 218 g/mol. The predicted octanol–water partition coefficient (Wildman–Crippen LogP) is 2.64. The van der Waals surface area contributed by atoms with Crippen molar-refractivity contribution >= 4 is 0 Å². The first-order valence-corrected chi connectivity index (χ1v) is 6.15. The Kier molecular flexibility index (Phi) is 13.8. The van der Waals surface area contributed by atoms with Gasteiger partial charge in [0.1, 0.15) is 0 Å². The Labute approximate surface area is 94.1 Å². The Morgan fingerprint density at radius 2 is 1.07 bits per heavy atom. The van der Waals surface area contributed by atoms with E-state index in [0.717, 1.165) is 39.6 Å². The molecule has 2 heterocycles. The van der Waals surface area contributed by atoms with Crippen molar-refractivity contribution in [2.75, 3.05) is 39.6 Å². The molecule has 2 aliphatic heterocycles. The summed E-state index contributed by atoms with van der Waals surface area (Å²) in [6.07, 6.45) is 5.11. The van der Waals surface area contributed by atoms with Crippen molar-refractivity contribution in [2.45, 2.75) is 39.5 Å². The molecule has 0 amide bonds. The fourth-order valence-corrected chi connectivity index (χ4v) is 1.22. The molecule has 2 aliphatic rings. The van der Waals surface area contributed by atoms with Gasteiger partial charge in [0.2, 0.25) is 0 Å². The molecule has 3 nitrogen and oxygen atoms in total. The number of ether oxygens (including phenoxy) is 3. The molecule has 92 valence electrons. The third-order valence-electron chi connectivity index (χ3n) is 2.06. The molecule has 3 heteroatoms. The first-order chi connectivity index (χ1) is 7.41. The van der Waals surface area contributed by atoms with Crippen molar-refractivity contribution in [1.29, 1.82) is 0 Å². The van der Waals surface area contributed by atoms with E-state index in [0.29, 0.717) is 0 Å². The van der Waals surface area contributed by atoms with Crippen LogP contribution in [0.25, 0.3) is 0 Å². The molecule has 0 bridgehead atoms. The average Bonchev–Trinajstić information content (AvgIpc) is 2.99.